The van der Waals surface area contributed by atoms with Crippen LogP contribution in [-0.4, -0.2) is 37.9 Å². The van der Waals surface area contributed by atoms with Crippen LogP contribution in [0.1, 0.15) is 47.0 Å². The summed E-state index contributed by atoms with van der Waals surface area (Å²) in [5.41, 5.74) is -0.760. The van der Waals surface area contributed by atoms with Crippen molar-refractivity contribution in [3.63, 3.8) is 0 Å². The maximum Gasteiger partial charge on any atom is 0.337 e. The summed E-state index contributed by atoms with van der Waals surface area (Å²) in [6.45, 7) is 7.55. The van der Waals surface area contributed by atoms with Crippen LogP contribution in [0.4, 0.5) is 0 Å². The van der Waals surface area contributed by atoms with E-state index >= 15 is 0 Å². The van der Waals surface area contributed by atoms with Crippen LogP contribution in [0.15, 0.2) is 0 Å². The van der Waals surface area contributed by atoms with Crippen molar-refractivity contribution in [2.75, 3.05) is 14.2 Å². The van der Waals surface area contributed by atoms with Gasteiger partial charge in [-0.25, -0.2) is 4.79 Å². The van der Waals surface area contributed by atoms with Crippen molar-refractivity contribution in [2.45, 2.75) is 58.7 Å². The molecule has 3 atom stereocenters. The summed E-state index contributed by atoms with van der Waals surface area (Å²) in [5.74, 6) is -0.218. The van der Waals surface area contributed by atoms with E-state index in [1.807, 2.05) is 20.8 Å². The van der Waals surface area contributed by atoms with Crippen LogP contribution in [0.5, 0.6) is 0 Å². The predicted octanol–water partition coefficient (Wildman–Crippen LogP) is 2.32. The fraction of sp³-hybridized carbons (Fsp3) is 0.857. The van der Waals surface area contributed by atoms with E-state index in [4.69, 9.17) is 9.47 Å². The van der Waals surface area contributed by atoms with Crippen LogP contribution in [0, 0.1) is 5.92 Å². The van der Waals surface area contributed by atoms with Crippen LogP contribution < -0.4 is 0 Å². The standard InChI is InChI=1S/C8H16O3.C6H10O2/c1-5-6-8(2,11-4)7(9)10-3;1-4-3-5(2)8-6(4)7/h5-6H2,1-4H3;4-5H,3H2,1-2H3. The lowest BCUT2D eigenvalue weighted by Gasteiger charge is -2.23. The molecule has 0 aromatic carbocycles. The van der Waals surface area contributed by atoms with Crippen LogP contribution in [0.25, 0.3) is 0 Å². The number of carbonyl (C=O) groups excluding carboxylic acids is 2. The molecule has 1 fully saturated rings. The van der Waals surface area contributed by atoms with Gasteiger partial charge in [-0.2, -0.15) is 0 Å². The van der Waals surface area contributed by atoms with E-state index in [-0.39, 0.29) is 24.0 Å². The zero-order valence-corrected chi connectivity index (χ0v) is 12.8. The second-order valence-electron chi connectivity index (χ2n) is 5.06. The lowest BCUT2D eigenvalue weighted by atomic mass is 10.0. The second kappa shape index (κ2) is 8.15. The zero-order chi connectivity index (χ0) is 15.1. The quantitative estimate of drug-likeness (QED) is 0.736. The molecule has 0 spiro atoms. The highest BCUT2D eigenvalue weighted by Gasteiger charge is 2.32. The number of esters is 2. The van der Waals surface area contributed by atoms with E-state index in [0.717, 1.165) is 12.8 Å². The summed E-state index contributed by atoms with van der Waals surface area (Å²) in [5, 5.41) is 0. The third kappa shape index (κ3) is 5.59. The van der Waals surface area contributed by atoms with Crippen molar-refractivity contribution < 1.29 is 23.8 Å². The highest BCUT2D eigenvalue weighted by molar-refractivity contribution is 5.78. The molecule has 0 amide bonds. The first-order chi connectivity index (χ1) is 8.80. The first kappa shape index (κ1) is 17.9. The minimum Gasteiger partial charge on any atom is -0.467 e. The highest BCUT2D eigenvalue weighted by Crippen LogP contribution is 2.19. The van der Waals surface area contributed by atoms with Crippen molar-refractivity contribution >= 4 is 11.9 Å². The molecule has 0 radical (unpaired) electrons. The highest BCUT2D eigenvalue weighted by atomic mass is 16.6. The summed E-state index contributed by atoms with van der Waals surface area (Å²) in [6.07, 6.45) is 2.63. The summed E-state index contributed by atoms with van der Waals surface area (Å²) in [7, 11) is 2.89. The minimum absolute atomic E-state index is 0.0440. The van der Waals surface area contributed by atoms with Crippen molar-refractivity contribution in [2.24, 2.45) is 5.92 Å². The monoisotopic (exact) mass is 274 g/mol. The molecule has 1 aliphatic heterocycles. The van der Waals surface area contributed by atoms with Crippen LogP contribution in [0.2, 0.25) is 0 Å². The maximum absolute atomic E-state index is 11.1. The number of ether oxygens (including phenoxy) is 3. The lowest BCUT2D eigenvalue weighted by molar-refractivity contribution is -0.164. The SMILES string of the molecule is CC1CC(C)C(=O)O1.CCCC(C)(OC)C(=O)OC. The predicted molar refractivity (Wildman–Crippen MR) is 71.7 cm³/mol. The van der Waals surface area contributed by atoms with Crippen LogP contribution in [-0.2, 0) is 23.8 Å². The smallest absolute Gasteiger partial charge is 0.337 e. The summed E-state index contributed by atoms with van der Waals surface area (Å²) in [4.78, 5) is 21.7. The molecule has 5 heteroatoms. The van der Waals surface area contributed by atoms with E-state index in [1.54, 1.807) is 6.92 Å². The third-order valence-electron chi connectivity index (χ3n) is 3.20. The Labute approximate surface area is 115 Å². The largest absolute Gasteiger partial charge is 0.467 e. The summed E-state index contributed by atoms with van der Waals surface area (Å²) >= 11 is 0. The van der Waals surface area contributed by atoms with Crippen molar-refractivity contribution in [1.82, 2.24) is 0 Å². The average molecular weight is 274 g/mol. The maximum atomic E-state index is 11.1. The van der Waals surface area contributed by atoms with E-state index < -0.39 is 5.60 Å². The molecule has 0 aliphatic carbocycles. The van der Waals surface area contributed by atoms with E-state index in [0.29, 0.717) is 6.42 Å². The van der Waals surface area contributed by atoms with Crippen molar-refractivity contribution in [3.05, 3.63) is 0 Å². The molecule has 112 valence electrons. The molecule has 19 heavy (non-hydrogen) atoms. The van der Waals surface area contributed by atoms with Gasteiger partial charge in [-0.05, 0) is 26.7 Å². The number of hydrogen-bond acceptors (Lipinski definition) is 5. The Kier molecular flexibility index (Phi) is 7.68. The van der Waals surface area contributed by atoms with Gasteiger partial charge in [0, 0.05) is 7.11 Å². The normalized spacial score (nSPS) is 24.8. The molecule has 0 saturated carbocycles. The molecular weight excluding hydrogens is 248 g/mol. The Morgan fingerprint density at radius 1 is 1.42 bits per heavy atom. The van der Waals surface area contributed by atoms with Gasteiger partial charge >= 0.3 is 11.9 Å². The first-order valence-corrected chi connectivity index (χ1v) is 6.64. The molecule has 1 saturated heterocycles. The van der Waals surface area contributed by atoms with E-state index in [9.17, 15) is 9.59 Å². The molecule has 5 nitrogen and oxygen atoms in total. The number of rotatable bonds is 4. The Morgan fingerprint density at radius 3 is 2.21 bits per heavy atom. The first-order valence-electron chi connectivity index (χ1n) is 6.64. The fourth-order valence-corrected chi connectivity index (χ4v) is 1.94. The van der Waals surface area contributed by atoms with Crippen molar-refractivity contribution in [1.29, 1.82) is 0 Å². The van der Waals surface area contributed by atoms with Gasteiger partial charge in [0.15, 0.2) is 5.60 Å². The zero-order valence-electron chi connectivity index (χ0n) is 12.8. The number of methoxy groups -OCH3 is 2. The topological polar surface area (TPSA) is 61.8 Å². The van der Waals surface area contributed by atoms with Gasteiger partial charge < -0.3 is 14.2 Å². The van der Waals surface area contributed by atoms with Gasteiger partial charge in [0.25, 0.3) is 0 Å². The Hall–Kier alpha value is -1.10. The van der Waals surface area contributed by atoms with E-state index in [2.05, 4.69) is 4.74 Å². The summed E-state index contributed by atoms with van der Waals surface area (Å²) < 4.78 is 14.5. The van der Waals surface area contributed by atoms with Crippen LogP contribution in [0.3, 0.4) is 0 Å². The molecule has 0 aromatic heterocycles. The molecule has 0 bridgehead atoms. The number of carbonyl (C=O) groups is 2. The fourth-order valence-electron chi connectivity index (χ4n) is 1.94. The second-order valence-corrected chi connectivity index (χ2v) is 5.06. The average Bonchev–Trinajstić information content (AvgIpc) is 2.66. The van der Waals surface area contributed by atoms with E-state index in [1.165, 1.54) is 14.2 Å². The number of cyclic esters (lactones) is 1. The summed E-state index contributed by atoms with van der Waals surface area (Å²) in [6, 6.07) is 0. The Bertz CT molecular complexity index is 302. The van der Waals surface area contributed by atoms with Gasteiger partial charge in [-0.1, -0.05) is 20.3 Å². The minimum atomic E-state index is -0.760. The Morgan fingerprint density at radius 2 is 2.00 bits per heavy atom. The molecule has 1 aliphatic rings. The Balaban J connectivity index is 0.000000356. The molecular formula is C14H26O5. The third-order valence-corrected chi connectivity index (χ3v) is 3.20. The van der Waals surface area contributed by atoms with Crippen LogP contribution >= 0.6 is 0 Å². The van der Waals surface area contributed by atoms with Gasteiger partial charge in [-0.15, -0.1) is 0 Å². The molecule has 0 aromatic rings. The van der Waals surface area contributed by atoms with Crippen molar-refractivity contribution in [3.8, 4) is 0 Å². The van der Waals surface area contributed by atoms with Gasteiger partial charge in [-0.3, -0.25) is 4.79 Å². The lowest BCUT2D eigenvalue weighted by Crippen LogP contribution is -2.38. The van der Waals surface area contributed by atoms with Gasteiger partial charge in [0.05, 0.1) is 19.1 Å². The van der Waals surface area contributed by atoms with Gasteiger partial charge in [0.1, 0.15) is 0 Å². The molecule has 1 rings (SSSR count). The molecule has 3 unspecified atom stereocenters. The molecule has 0 N–H and O–H groups in total. The van der Waals surface area contributed by atoms with Gasteiger partial charge in [0.2, 0.25) is 0 Å². The number of hydrogen-bond donors (Lipinski definition) is 0. The molecule has 1 heterocycles.